The number of nitrogens with zero attached hydrogens (tertiary/aromatic N) is 1. The molecule has 1 aliphatic rings. The van der Waals surface area contributed by atoms with Gasteiger partial charge in [0.05, 0.1) is 5.02 Å². The molecule has 0 aromatic carbocycles. The zero-order valence-electron chi connectivity index (χ0n) is 9.12. The number of aromatic nitrogens is 1. The molecule has 86 valence electrons. The molecular formula is C12H16ClN3. The summed E-state index contributed by atoms with van der Waals surface area (Å²) in [5, 5.41) is 0.614. The molecule has 3 nitrogen and oxygen atoms in total. The number of hydrogen-bond acceptors (Lipinski definition) is 3. The standard InChI is InChI=1S/C12H16ClN3/c13-9-6-11(12(15)16-7-9)8-3-1-2-4-10(14)5-8/h5-7,10H,1-4,14H2,(H2,15,16). The van der Waals surface area contributed by atoms with Gasteiger partial charge in [-0.05, 0) is 30.9 Å². The van der Waals surface area contributed by atoms with Crippen molar-refractivity contribution in [3.8, 4) is 0 Å². The van der Waals surface area contributed by atoms with Gasteiger partial charge in [0.1, 0.15) is 5.82 Å². The van der Waals surface area contributed by atoms with E-state index >= 15 is 0 Å². The van der Waals surface area contributed by atoms with E-state index in [4.69, 9.17) is 23.1 Å². The van der Waals surface area contributed by atoms with Crippen molar-refractivity contribution < 1.29 is 0 Å². The van der Waals surface area contributed by atoms with Crippen LogP contribution in [0.5, 0.6) is 0 Å². The molecule has 1 unspecified atom stereocenters. The fourth-order valence-electron chi connectivity index (χ4n) is 2.05. The van der Waals surface area contributed by atoms with E-state index in [2.05, 4.69) is 11.1 Å². The lowest BCUT2D eigenvalue weighted by Crippen LogP contribution is -2.15. The SMILES string of the molecule is Nc1ncc(Cl)cc1C1=CC(N)CCCC1. The largest absolute Gasteiger partial charge is 0.383 e. The number of nitrogen functional groups attached to an aromatic ring is 1. The number of halogens is 1. The van der Waals surface area contributed by atoms with Crippen LogP contribution >= 0.6 is 11.6 Å². The highest BCUT2D eigenvalue weighted by Crippen LogP contribution is 2.29. The Morgan fingerprint density at radius 1 is 1.38 bits per heavy atom. The lowest BCUT2D eigenvalue weighted by atomic mass is 10.0. The Morgan fingerprint density at radius 2 is 2.19 bits per heavy atom. The number of allylic oxidation sites excluding steroid dienone is 1. The van der Waals surface area contributed by atoms with Crippen molar-refractivity contribution in [1.29, 1.82) is 0 Å². The van der Waals surface area contributed by atoms with Crippen LogP contribution in [0.1, 0.15) is 31.2 Å². The molecule has 0 radical (unpaired) electrons. The average Bonchev–Trinajstić information content (AvgIpc) is 2.46. The van der Waals surface area contributed by atoms with Crippen molar-refractivity contribution in [3.05, 3.63) is 28.9 Å². The number of rotatable bonds is 1. The molecule has 0 aliphatic heterocycles. The molecule has 4 N–H and O–H groups in total. The highest BCUT2D eigenvalue weighted by Gasteiger charge is 2.13. The maximum atomic E-state index is 5.98. The monoisotopic (exact) mass is 237 g/mol. The van der Waals surface area contributed by atoms with Gasteiger partial charge in [-0.1, -0.05) is 24.1 Å². The summed E-state index contributed by atoms with van der Waals surface area (Å²) in [6.07, 6.45) is 8.01. The predicted molar refractivity (Wildman–Crippen MR) is 68.1 cm³/mol. The van der Waals surface area contributed by atoms with E-state index in [1.807, 2.05) is 6.07 Å². The van der Waals surface area contributed by atoms with E-state index in [0.717, 1.165) is 31.2 Å². The van der Waals surface area contributed by atoms with Crippen molar-refractivity contribution in [2.45, 2.75) is 31.7 Å². The minimum absolute atomic E-state index is 0.121. The Morgan fingerprint density at radius 3 is 3.00 bits per heavy atom. The Balaban J connectivity index is 2.38. The second-order valence-corrected chi connectivity index (χ2v) is 4.62. The quantitative estimate of drug-likeness (QED) is 0.789. The molecular weight excluding hydrogens is 222 g/mol. The average molecular weight is 238 g/mol. The molecule has 0 bridgehead atoms. The molecule has 1 aliphatic carbocycles. The van der Waals surface area contributed by atoms with Gasteiger partial charge in [0.15, 0.2) is 0 Å². The van der Waals surface area contributed by atoms with Gasteiger partial charge in [0.25, 0.3) is 0 Å². The summed E-state index contributed by atoms with van der Waals surface area (Å²) in [5.74, 6) is 0.532. The molecule has 2 rings (SSSR count). The molecule has 1 heterocycles. The second-order valence-electron chi connectivity index (χ2n) is 4.19. The lowest BCUT2D eigenvalue weighted by Gasteiger charge is -2.09. The van der Waals surface area contributed by atoms with E-state index in [0.29, 0.717) is 10.8 Å². The predicted octanol–water partition coefficient (Wildman–Crippen LogP) is 2.60. The molecule has 0 spiro atoms. The van der Waals surface area contributed by atoms with Gasteiger partial charge in [0, 0.05) is 17.8 Å². The highest BCUT2D eigenvalue weighted by atomic mass is 35.5. The second kappa shape index (κ2) is 4.85. The normalized spacial score (nSPS) is 21.4. The maximum absolute atomic E-state index is 5.98. The van der Waals surface area contributed by atoms with Crippen molar-refractivity contribution in [2.75, 3.05) is 5.73 Å². The van der Waals surface area contributed by atoms with E-state index in [1.54, 1.807) is 6.20 Å². The summed E-state index contributed by atoms with van der Waals surface area (Å²) in [4.78, 5) is 4.07. The van der Waals surface area contributed by atoms with Gasteiger partial charge >= 0.3 is 0 Å². The van der Waals surface area contributed by atoms with Gasteiger partial charge in [-0.2, -0.15) is 0 Å². The summed E-state index contributed by atoms with van der Waals surface area (Å²) in [7, 11) is 0. The van der Waals surface area contributed by atoms with Crippen LogP contribution in [0.15, 0.2) is 18.3 Å². The van der Waals surface area contributed by atoms with Gasteiger partial charge in [0.2, 0.25) is 0 Å². The van der Waals surface area contributed by atoms with Crippen LogP contribution < -0.4 is 11.5 Å². The Kier molecular flexibility index (Phi) is 3.46. The zero-order chi connectivity index (χ0) is 11.5. The van der Waals surface area contributed by atoms with Crippen molar-refractivity contribution in [3.63, 3.8) is 0 Å². The molecule has 1 aromatic rings. The summed E-state index contributed by atoms with van der Waals surface area (Å²) in [6, 6.07) is 1.99. The first-order valence-electron chi connectivity index (χ1n) is 5.54. The minimum atomic E-state index is 0.121. The van der Waals surface area contributed by atoms with Crippen LogP contribution in [0.4, 0.5) is 5.82 Å². The van der Waals surface area contributed by atoms with Crippen LogP contribution in [-0.4, -0.2) is 11.0 Å². The third-order valence-corrected chi connectivity index (χ3v) is 3.09. The van der Waals surface area contributed by atoms with Gasteiger partial charge in [-0.25, -0.2) is 4.98 Å². The number of anilines is 1. The fraction of sp³-hybridized carbons (Fsp3) is 0.417. The van der Waals surface area contributed by atoms with Crippen LogP contribution in [0.2, 0.25) is 5.02 Å². The van der Waals surface area contributed by atoms with E-state index < -0.39 is 0 Å². The lowest BCUT2D eigenvalue weighted by molar-refractivity contribution is 0.658. The third kappa shape index (κ3) is 2.54. The van der Waals surface area contributed by atoms with Crippen LogP contribution in [0.25, 0.3) is 5.57 Å². The Labute approximate surface area is 100 Å². The van der Waals surface area contributed by atoms with Crippen molar-refractivity contribution >= 4 is 23.0 Å². The van der Waals surface area contributed by atoms with Gasteiger partial charge < -0.3 is 11.5 Å². The Hall–Kier alpha value is -1.06. The molecule has 1 aromatic heterocycles. The minimum Gasteiger partial charge on any atom is -0.383 e. The zero-order valence-corrected chi connectivity index (χ0v) is 9.87. The maximum Gasteiger partial charge on any atom is 0.130 e. The van der Waals surface area contributed by atoms with Gasteiger partial charge in [-0.15, -0.1) is 0 Å². The molecule has 1 atom stereocenters. The van der Waals surface area contributed by atoms with Crippen molar-refractivity contribution in [1.82, 2.24) is 4.98 Å². The first-order valence-corrected chi connectivity index (χ1v) is 5.92. The van der Waals surface area contributed by atoms with E-state index in [-0.39, 0.29) is 6.04 Å². The molecule has 4 heteroatoms. The fourth-order valence-corrected chi connectivity index (χ4v) is 2.21. The number of pyridine rings is 1. The van der Waals surface area contributed by atoms with E-state index in [9.17, 15) is 0 Å². The summed E-state index contributed by atoms with van der Waals surface area (Å²) in [5.41, 5.74) is 14.0. The molecule has 0 fully saturated rings. The summed E-state index contributed by atoms with van der Waals surface area (Å²) in [6.45, 7) is 0. The summed E-state index contributed by atoms with van der Waals surface area (Å²) < 4.78 is 0. The van der Waals surface area contributed by atoms with Crippen molar-refractivity contribution in [2.24, 2.45) is 5.73 Å². The van der Waals surface area contributed by atoms with Crippen LogP contribution in [-0.2, 0) is 0 Å². The highest BCUT2D eigenvalue weighted by molar-refractivity contribution is 6.30. The molecule has 0 saturated heterocycles. The number of nitrogens with two attached hydrogens (primary N) is 2. The van der Waals surface area contributed by atoms with Gasteiger partial charge in [-0.3, -0.25) is 0 Å². The molecule has 16 heavy (non-hydrogen) atoms. The topological polar surface area (TPSA) is 64.9 Å². The molecule has 0 amide bonds. The number of hydrogen-bond donors (Lipinski definition) is 2. The van der Waals surface area contributed by atoms with Crippen LogP contribution in [0, 0.1) is 0 Å². The summed E-state index contributed by atoms with van der Waals surface area (Å²) >= 11 is 5.94. The van der Waals surface area contributed by atoms with E-state index in [1.165, 1.54) is 5.57 Å². The smallest absolute Gasteiger partial charge is 0.130 e. The van der Waals surface area contributed by atoms with Crippen LogP contribution in [0.3, 0.4) is 0 Å². The Bertz CT molecular complexity index is 415. The molecule has 0 saturated carbocycles. The third-order valence-electron chi connectivity index (χ3n) is 2.88. The first-order chi connectivity index (χ1) is 7.66. The first kappa shape index (κ1) is 11.4.